The third-order valence-corrected chi connectivity index (χ3v) is 4.87. The van der Waals surface area contributed by atoms with Crippen molar-refractivity contribution in [1.29, 1.82) is 0 Å². The highest BCUT2D eigenvalue weighted by molar-refractivity contribution is 6.12. The lowest BCUT2D eigenvalue weighted by Crippen LogP contribution is -2.16. The minimum atomic E-state index is -1.10. The Hall–Kier alpha value is -3.78. The molecular formula is C26H30O8. The Labute approximate surface area is 199 Å². The number of rotatable bonds is 15. The van der Waals surface area contributed by atoms with Gasteiger partial charge in [0.1, 0.15) is 31.3 Å². The summed E-state index contributed by atoms with van der Waals surface area (Å²) in [4.78, 5) is 25.5. The Bertz CT molecular complexity index is 1040. The Morgan fingerprint density at radius 3 is 2.18 bits per heavy atom. The second kappa shape index (κ2) is 13.1. The zero-order valence-electron chi connectivity index (χ0n) is 19.5. The summed E-state index contributed by atoms with van der Waals surface area (Å²) in [6.45, 7) is 9.26. The van der Waals surface area contributed by atoms with E-state index in [0.29, 0.717) is 29.0 Å². The average molecular weight is 471 g/mol. The van der Waals surface area contributed by atoms with Gasteiger partial charge in [0.25, 0.3) is 0 Å². The van der Waals surface area contributed by atoms with Crippen LogP contribution in [0.25, 0.3) is 0 Å². The molecule has 0 amide bonds. The van der Waals surface area contributed by atoms with E-state index in [4.69, 9.17) is 24.1 Å². The van der Waals surface area contributed by atoms with E-state index in [-0.39, 0.29) is 49.1 Å². The third kappa shape index (κ3) is 6.39. The molecule has 0 atom stereocenters. The summed E-state index contributed by atoms with van der Waals surface area (Å²) in [6, 6.07) is 6.22. The lowest BCUT2D eigenvalue weighted by Gasteiger charge is -2.21. The fourth-order valence-electron chi connectivity index (χ4n) is 3.48. The van der Waals surface area contributed by atoms with Crippen LogP contribution in [0, 0.1) is 0 Å². The number of hydrogen-bond acceptors (Lipinski definition) is 7. The number of methoxy groups -OCH3 is 1. The maximum atomic E-state index is 13.8. The number of aliphatic carboxylic acids is 1. The molecule has 8 nitrogen and oxygen atoms in total. The number of carboxylic acids is 1. The van der Waals surface area contributed by atoms with Gasteiger partial charge in [0.05, 0.1) is 25.7 Å². The zero-order chi connectivity index (χ0) is 25.1. The predicted octanol–water partition coefficient (Wildman–Crippen LogP) is 3.62. The average Bonchev–Trinajstić information content (AvgIpc) is 2.83. The van der Waals surface area contributed by atoms with Gasteiger partial charge in [-0.15, -0.1) is 0 Å². The molecule has 8 heteroatoms. The van der Waals surface area contributed by atoms with Crippen LogP contribution >= 0.6 is 0 Å². The molecular weight excluding hydrogens is 440 g/mol. The SMILES string of the molecule is C=CCOc1cc(OCC=C)c(C(=O)c2ccc(OC)c(OCCO)c2)c(CC(=O)O)c1CC. The normalized spacial score (nSPS) is 10.3. The molecule has 0 bridgehead atoms. The first kappa shape index (κ1) is 26.5. The fraction of sp³-hybridized carbons (Fsp3) is 0.308. The van der Waals surface area contributed by atoms with Crippen molar-refractivity contribution >= 4 is 11.8 Å². The number of hydrogen-bond donors (Lipinski definition) is 2. The minimum Gasteiger partial charge on any atom is -0.493 e. The summed E-state index contributed by atoms with van der Waals surface area (Å²) >= 11 is 0. The van der Waals surface area contributed by atoms with E-state index in [2.05, 4.69) is 13.2 Å². The molecule has 0 fully saturated rings. The molecule has 34 heavy (non-hydrogen) atoms. The van der Waals surface area contributed by atoms with E-state index < -0.39 is 18.2 Å². The lowest BCUT2D eigenvalue weighted by molar-refractivity contribution is -0.136. The Morgan fingerprint density at radius 1 is 0.941 bits per heavy atom. The van der Waals surface area contributed by atoms with Gasteiger partial charge in [0.15, 0.2) is 17.3 Å². The predicted molar refractivity (Wildman–Crippen MR) is 128 cm³/mol. The summed E-state index contributed by atoms with van der Waals surface area (Å²) in [5.41, 5.74) is 1.29. The Balaban J connectivity index is 2.75. The van der Waals surface area contributed by atoms with Crippen LogP contribution in [0.15, 0.2) is 49.6 Å². The van der Waals surface area contributed by atoms with E-state index in [9.17, 15) is 14.7 Å². The summed E-state index contributed by atoms with van der Waals surface area (Å²) in [5.74, 6) is -0.265. The fourth-order valence-corrected chi connectivity index (χ4v) is 3.48. The van der Waals surface area contributed by atoms with Crippen LogP contribution in [0.5, 0.6) is 23.0 Å². The standard InChI is InChI=1S/C26H30O8/c1-5-11-32-21-16-23(33-12-6-2)25(19(15-24(28)29)18(21)7-3)26(30)17-8-9-20(31-4)22(14-17)34-13-10-27/h5-6,8-9,14,16,27H,1-2,7,10-13,15H2,3-4H3,(H,28,29). The van der Waals surface area contributed by atoms with Gasteiger partial charge < -0.3 is 29.2 Å². The maximum absolute atomic E-state index is 13.8. The smallest absolute Gasteiger partial charge is 0.307 e. The number of carboxylic acid groups (broad SMARTS) is 1. The highest BCUT2D eigenvalue weighted by atomic mass is 16.5. The van der Waals surface area contributed by atoms with Gasteiger partial charge in [0.2, 0.25) is 0 Å². The molecule has 0 aliphatic rings. The zero-order valence-corrected chi connectivity index (χ0v) is 19.5. The van der Waals surface area contributed by atoms with Gasteiger partial charge >= 0.3 is 5.97 Å². The van der Waals surface area contributed by atoms with Crippen LogP contribution in [-0.4, -0.2) is 55.5 Å². The second-order valence-electron chi connectivity index (χ2n) is 7.10. The second-order valence-corrected chi connectivity index (χ2v) is 7.10. The molecule has 2 N–H and O–H groups in total. The van der Waals surface area contributed by atoms with E-state index in [1.807, 2.05) is 6.92 Å². The van der Waals surface area contributed by atoms with E-state index in [0.717, 1.165) is 0 Å². The van der Waals surface area contributed by atoms with Crippen LogP contribution in [0.4, 0.5) is 0 Å². The third-order valence-electron chi connectivity index (χ3n) is 4.87. The van der Waals surface area contributed by atoms with Gasteiger partial charge in [0, 0.05) is 11.6 Å². The first-order valence-electron chi connectivity index (χ1n) is 10.8. The number of aliphatic hydroxyl groups is 1. The number of benzene rings is 2. The molecule has 0 saturated heterocycles. The van der Waals surface area contributed by atoms with Crippen LogP contribution in [0.2, 0.25) is 0 Å². The molecule has 0 unspecified atom stereocenters. The Kier molecular flexibility index (Phi) is 10.2. The maximum Gasteiger partial charge on any atom is 0.307 e. The topological polar surface area (TPSA) is 112 Å². The molecule has 0 spiro atoms. The Morgan fingerprint density at radius 2 is 1.62 bits per heavy atom. The van der Waals surface area contributed by atoms with E-state index in [1.54, 1.807) is 24.3 Å². The molecule has 0 aliphatic carbocycles. The number of carbonyl (C=O) groups is 2. The van der Waals surface area contributed by atoms with E-state index in [1.165, 1.54) is 19.3 Å². The van der Waals surface area contributed by atoms with Gasteiger partial charge in [-0.25, -0.2) is 0 Å². The van der Waals surface area contributed by atoms with Gasteiger partial charge in [-0.3, -0.25) is 9.59 Å². The number of ether oxygens (including phenoxy) is 4. The van der Waals surface area contributed by atoms with Crippen molar-refractivity contribution in [2.75, 3.05) is 33.5 Å². The highest BCUT2D eigenvalue weighted by Crippen LogP contribution is 2.38. The van der Waals surface area contributed by atoms with E-state index >= 15 is 0 Å². The molecule has 0 saturated carbocycles. The summed E-state index contributed by atoms with van der Waals surface area (Å²) in [5, 5.41) is 18.7. The van der Waals surface area contributed by atoms with Crippen molar-refractivity contribution in [3.05, 3.63) is 71.8 Å². The lowest BCUT2D eigenvalue weighted by atomic mass is 9.90. The molecule has 2 aromatic rings. The van der Waals surface area contributed by atoms with Gasteiger partial charge in [-0.05, 0) is 35.7 Å². The number of aliphatic hydroxyl groups excluding tert-OH is 1. The molecule has 2 aromatic carbocycles. The molecule has 0 aliphatic heterocycles. The van der Waals surface area contributed by atoms with Crippen molar-refractivity contribution in [2.45, 2.75) is 19.8 Å². The van der Waals surface area contributed by atoms with Crippen molar-refractivity contribution in [2.24, 2.45) is 0 Å². The van der Waals surface area contributed by atoms with Crippen molar-refractivity contribution < 1.29 is 38.7 Å². The molecule has 2 rings (SSSR count). The molecule has 182 valence electrons. The number of ketones is 1. The number of carbonyl (C=O) groups excluding carboxylic acids is 1. The summed E-state index contributed by atoms with van der Waals surface area (Å²) < 4.78 is 22.3. The van der Waals surface area contributed by atoms with Crippen LogP contribution < -0.4 is 18.9 Å². The van der Waals surface area contributed by atoms with Gasteiger partial charge in [-0.2, -0.15) is 0 Å². The van der Waals surface area contributed by atoms with Gasteiger partial charge in [-0.1, -0.05) is 32.2 Å². The van der Waals surface area contributed by atoms with Crippen molar-refractivity contribution in [1.82, 2.24) is 0 Å². The summed E-state index contributed by atoms with van der Waals surface area (Å²) in [7, 11) is 1.46. The largest absolute Gasteiger partial charge is 0.493 e. The first-order valence-corrected chi connectivity index (χ1v) is 10.8. The van der Waals surface area contributed by atoms with Crippen molar-refractivity contribution in [3.63, 3.8) is 0 Å². The summed E-state index contributed by atoms with van der Waals surface area (Å²) in [6.07, 6.45) is 3.14. The quantitative estimate of drug-likeness (QED) is 0.300. The monoisotopic (exact) mass is 470 g/mol. The molecule has 0 aromatic heterocycles. The van der Waals surface area contributed by atoms with Crippen LogP contribution in [-0.2, 0) is 17.6 Å². The minimum absolute atomic E-state index is 0.0152. The first-order chi connectivity index (χ1) is 16.4. The molecule has 0 radical (unpaired) electrons. The van der Waals surface area contributed by atoms with Crippen LogP contribution in [0.3, 0.4) is 0 Å². The molecule has 0 heterocycles. The highest BCUT2D eigenvalue weighted by Gasteiger charge is 2.27. The van der Waals surface area contributed by atoms with Crippen molar-refractivity contribution in [3.8, 4) is 23.0 Å². The van der Waals surface area contributed by atoms with Crippen LogP contribution in [0.1, 0.15) is 34.0 Å².